The van der Waals surface area contributed by atoms with Crippen LogP contribution in [0.5, 0.6) is 0 Å². The van der Waals surface area contributed by atoms with Crippen molar-refractivity contribution in [1.82, 2.24) is 9.55 Å². The van der Waals surface area contributed by atoms with Crippen molar-refractivity contribution < 1.29 is 9.53 Å². The fraction of sp³-hybridized carbons (Fsp3) is 0.316. The Morgan fingerprint density at radius 1 is 1.31 bits per heavy atom. The first-order valence-corrected chi connectivity index (χ1v) is 9.26. The highest BCUT2D eigenvalue weighted by Gasteiger charge is 2.21. The quantitative estimate of drug-likeness (QED) is 0.722. The fourth-order valence-electron chi connectivity index (χ4n) is 2.87. The van der Waals surface area contributed by atoms with Gasteiger partial charge in [0.25, 0.3) is 11.5 Å². The molecule has 0 saturated heterocycles. The Bertz CT molecular complexity index is 993. The second-order valence-electron chi connectivity index (χ2n) is 5.89. The van der Waals surface area contributed by atoms with Crippen molar-refractivity contribution >= 4 is 33.1 Å². The maximum atomic E-state index is 13.0. The second kappa shape index (κ2) is 7.80. The van der Waals surface area contributed by atoms with Crippen LogP contribution in [-0.2, 0) is 17.7 Å². The van der Waals surface area contributed by atoms with Crippen LogP contribution in [0.3, 0.4) is 0 Å². The molecule has 0 fully saturated rings. The lowest BCUT2D eigenvalue weighted by atomic mass is 10.2. The minimum absolute atomic E-state index is 0.114. The standard InChI is InChI=1S/C19H21N3O3S/c1-4-14-21-18-15(19(24)22(14)10-11-25-3)12(2)16(26-18)17(23)20-13-8-6-5-7-9-13/h5-9H,4,10-11H2,1-3H3,(H,20,23). The van der Waals surface area contributed by atoms with Crippen LogP contribution in [0.4, 0.5) is 5.69 Å². The van der Waals surface area contributed by atoms with Crippen molar-refractivity contribution in [1.29, 1.82) is 0 Å². The van der Waals surface area contributed by atoms with Gasteiger partial charge < -0.3 is 10.1 Å². The maximum absolute atomic E-state index is 13.0. The minimum atomic E-state index is -0.224. The van der Waals surface area contributed by atoms with E-state index in [1.807, 2.05) is 37.3 Å². The number of aromatic nitrogens is 2. The Morgan fingerprint density at radius 2 is 2.04 bits per heavy atom. The largest absolute Gasteiger partial charge is 0.383 e. The summed E-state index contributed by atoms with van der Waals surface area (Å²) >= 11 is 1.26. The van der Waals surface area contributed by atoms with Gasteiger partial charge in [0.05, 0.1) is 23.4 Å². The van der Waals surface area contributed by atoms with Crippen LogP contribution < -0.4 is 10.9 Å². The van der Waals surface area contributed by atoms with Gasteiger partial charge in [-0.05, 0) is 24.6 Å². The topological polar surface area (TPSA) is 73.2 Å². The number of fused-ring (bicyclic) bond motifs is 1. The molecular formula is C19H21N3O3S. The fourth-order valence-corrected chi connectivity index (χ4v) is 3.95. The number of methoxy groups -OCH3 is 1. The Balaban J connectivity index is 2.06. The summed E-state index contributed by atoms with van der Waals surface area (Å²) in [7, 11) is 1.60. The molecule has 2 heterocycles. The first-order chi connectivity index (χ1) is 12.6. The molecule has 1 aromatic carbocycles. The van der Waals surface area contributed by atoms with Gasteiger partial charge in [-0.15, -0.1) is 11.3 Å². The number of carbonyl (C=O) groups excluding carboxylic acids is 1. The Morgan fingerprint density at radius 3 is 2.69 bits per heavy atom. The molecular weight excluding hydrogens is 350 g/mol. The highest BCUT2D eigenvalue weighted by atomic mass is 32.1. The van der Waals surface area contributed by atoms with E-state index in [-0.39, 0.29) is 11.5 Å². The summed E-state index contributed by atoms with van der Waals surface area (Å²) in [6, 6.07) is 9.25. The van der Waals surface area contributed by atoms with Gasteiger partial charge in [-0.3, -0.25) is 14.2 Å². The van der Waals surface area contributed by atoms with Crippen LogP contribution in [0.2, 0.25) is 0 Å². The number of aryl methyl sites for hydroxylation is 2. The Hall–Kier alpha value is -2.51. The van der Waals surface area contributed by atoms with Crippen LogP contribution >= 0.6 is 11.3 Å². The lowest BCUT2D eigenvalue weighted by Crippen LogP contribution is -2.26. The molecule has 0 aliphatic heterocycles. The predicted molar refractivity (Wildman–Crippen MR) is 104 cm³/mol. The van der Waals surface area contributed by atoms with Crippen molar-refractivity contribution in [3.8, 4) is 0 Å². The smallest absolute Gasteiger partial charge is 0.266 e. The summed E-state index contributed by atoms with van der Waals surface area (Å²) in [6.45, 7) is 4.64. The molecule has 0 unspecified atom stereocenters. The number of hydrogen-bond acceptors (Lipinski definition) is 5. The van der Waals surface area contributed by atoms with Crippen LogP contribution in [0.15, 0.2) is 35.1 Å². The average Bonchev–Trinajstić information content (AvgIpc) is 2.98. The number of thiophene rings is 1. The number of amides is 1. The number of anilines is 1. The van der Waals surface area contributed by atoms with E-state index in [9.17, 15) is 9.59 Å². The second-order valence-corrected chi connectivity index (χ2v) is 6.89. The number of nitrogens with one attached hydrogen (secondary N) is 1. The summed E-state index contributed by atoms with van der Waals surface area (Å²) in [5.41, 5.74) is 1.27. The van der Waals surface area contributed by atoms with Crippen LogP contribution in [0.1, 0.15) is 28.0 Å². The van der Waals surface area contributed by atoms with Crippen LogP contribution in [0.25, 0.3) is 10.2 Å². The third-order valence-electron chi connectivity index (χ3n) is 4.20. The van der Waals surface area contributed by atoms with E-state index >= 15 is 0 Å². The van der Waals surface area contributed by atoms with Crippen molar-refractivity contribution in [2.24, 2.45) is 0 Å². The predicted octanol–water partition coefficient (Wildman–Crippen LogP) is 3.23. The van der Waals surface area contributed by atoms with E-state index in [2.05, 4.69) is 10.3 Å². The Labute approximate surface area is 155 Å². The number of benzene rings is 1. The molecule has 1 N–H and O–H groups in total. The molecule has 0 aliphatic rings. The SMILES string of the molecule is CCc1nc2sc(C(=O)Nc3ccccc3)c(C)c2c(=O)n1CCOC. The summed E-state index contributed by atoms with van der Waals surface area (Å²) < 4.78 is 6.75. The van der Waals surface area contributed by atoms with Crippen LogP contribution in [0, 0.1) is 6.92 Å². The van der Waals surface area contributed by atoms with Crippen molar-refractivity contribution in [3.63, 3.8) is 0 Å². The zero-order chi connectivity index (χ0) is 18.7. The van der Waals surface area contributed by atoms with Crippen molar-refractivity contribution in [2.75, 3.05) is 19.0 Å². The average molecular weight is 371 g/mol. The lowest BCUT2D eigenvalue weighted by molar-refractivity contribution is 0.103. The first-order valence-electron chi connectivity index (χ1n) is 8.45. The van der Waals surface area contributed by atoms with Gasteiger partial charge in [-0.2, -0.15) is 0 Å². The van der Waals surface area contributed by atoms with Gasteiger partial charge in [0.2, 0.25) is 0 Å². The summed E-state index contributed by atoms with van der Waals surface area (Å²) in [5, 5.41) is 3.39. The number of carbonyl (C=O) groups is 1. The van der Waals surface area contributed by atoms with Gasteiger partial charge in [0, 0.05) is 19.2 Å². The maximum Gasteiger partial charge on any atom is 0.266 e. The molecule has 136 valence electrons. The van der Waals surface area contributed by atoms with Gasteiger partial charge in [0.1, 0.15) is 10.7 Å². The first kappa shape index (κ1) is 18.3. The molecule has 0 aliphatic carbocycles. The number of para-hydroxylation sites is 1. The van der Waals surface area contributed by atoms with E-state index in [0.29, 0.717) is 51.7 Å². The molecule has 0 radical (unpaired) electrons. The van der Waals surface area contributed by atoms with Gasteiger partial charge >= 0.3 is 0 Å². The summed E-state index contributed by atoms with van der Waals surface area (Å²) in [5.74, 6) is 0.480. The van der Waals surface area contributed by atoms with Gasteiger partial charge in [0.15, 0.2) is 0 Å². The third-order valence-corrected chi connectivity index (χ3v) is 5.39. The summed E-state index contributed by atoms with van der Waals surface area (Å²) in [6.07, 6.45) is 0.636. The Kier molecular flexibility index (Phi) is 5.49. The molecule has 0 atom stereocenters. The highest BCUT2D eigenvalue weighted by Crippen LogP contribution is 2.28. The number of nitrogens with zero attached hydrogens (tertiary/aromatic N) is 2. The molecule has 3 rings (SSSR count). The van der Waals surface area contributed by atoms with Crippen LogP contribution in [-0.4, -0.2) is 29.2 Å². The number of hydrogen-bond donors (Lipinski definition) is 1. The lowest BCUT2D eigenvalue weighted by Gasteiger charge is -2.10. The molecule has 2 aromatic heterocycles. The third kappa shape index (κ3) is 3.40. The normalized spacial score (nSPS) is 11.0. The van der Waals surface area contributed by atoms with E-state index in [4.69, 9.17) is 4.74 Å². The van der Waals surface area contributed by atoms with E-state index in [0.717, 1.165) is 0 Å². The van der Waals surface area contributed by atoms with Crippen molar-refractivity contribution in [2.45, 2.75) is 26.8 Å². The van der Waals surface area contributed by atoms with Crippen molar-refractivity contribution in [3.05, 3.63) is 57.0 Å². The molecule has 26 heavy (non-hydrogen) atoms. The molecule has 0 bridgehead atoms. The molecule has 3 aromatic rings. The van der Waals surface area contributed by atoms with E-state index in [1.165, 1.54) is 11.3 Å². The monoisotopic (exact) mass is 371 g/mol. The van der Waals surface area contributed by atoms with Gasteiger partial charge in [-0.25, -0.2) is 4.98 Å². The summed E-state index contributed by atoms with van der Waals surface area (Å²) in [4.78, 5) is 31.4. The number of ether oxygens (including phenoxy) is 1. The zero-order valence-corrected chi connectivity index (χ0v) is 15.9. The number of rotatable bonds is 6. The highest BCUT2D eigenvalue weighted by molar-refractivity contribution is 7.20. The van der Waals surface area contributed by atoms with E-state index in [1.54, 1.807) is 18.6 Å². The minimum Gasteiger partial charge on any atom is -0.383 e. The van der Waals surface area contributed by atoms with E-state index < -0.39 is 0 Å². The van der Waals surface area contributed by atoms with Gasteiger partial charge in [-0.1, -0.05) is 25.1 Å². The molecule has 0 spiro atoms. The molecule has 7 heteroatoms. The molecule has 6 nitrogen and oxygen atoms in total. The zero-order valence-electron chi connectivity index (χ0n) is 15.0. The molecule has 0 saturated carbocycles. The molecule has 1 amide bonds.